The van der Waals surface area contributed by atoms with Crippen molar-refractivity contribution >= 4 is 16.9 Å². The number of hydrogen-bond donors (Lipinski definition) is 1. The first-order valence-electron chi connectivity index (χ1n) is 11.1. The smallest absolute Gasteiger partial charge is 0.332 e. The van der Waals surface area contributed by atoms with Gasteiger partial charge in [0.05, 0.1) is 12.1 Å². The van der Waals surface area contributed by atoms with E-state index in [2.05, 4.69) is 4.98 Å². The lowest BCUT2D eigenvalue weighted by Crippen LogP contribution is -2.39. The Morgan fingerprint density at radius 1 is 0.939 bits per heavy atom. The largest absolute Gasteiger partial charge is 0.494 e. The maximum absolute atomic E-state index is 13.4. The summed E-state index contributed by atoms with van der Waals surface area (Å²) in [5.74, 6) is -0.698. The molecule has 1 N–H and O–H groups in total. The van der Waals surface area contributed by atoms with E-state index in [1.807, 2.05) is 6.92 Å². The number of aromatic hydroxyl groups is 1. The van der Waals surface area contributed by atoms with E-state index in [9.17, 15) is 23.9 Å². The minimum atomic E-state index is -0.585. The average Bonchev–Trinajstić information content (AvgIpc) is 3.19. The number of nitrogens with zero attached hydrogens (tertiary/aromatic N) is 5. The van der Waals surface area contributed by atoms with Crippen LogP contribution in [0.15, 0.2) is 38.6 Å². The number of fused-ring (bicyclic) bond motifs is 3. The van der Waals surface area contributed by atoms with Crippen molar-refractivity contribution in [3.63, 3.8) is 0 Å². The number of aryl methyl sites for hydroxylation is 1. The van der Waals surface area contributed by atoms with Crippen LogP contribution in [-0.2, 0) is 26.1 Å². The highest BCUT2D eigenvalue weighted by Crippen LogP contribution is 2.23. The lowest BCUT2D eigenvalue weighted by molar-refractivity contribution is 0.432. The summed E-state index contributed by atoms with van der Waals surface area (Å²) in [4.78, 5) is 44.0. The molecule has 0 radical (unpaired) electrons. The van der Waals surface area contributed by atoms with E-state index in [0.29, 0.717) is 18.4 Å². The minimum absolute atomic E-state index is 0.0383. The van der Waals surface area contributed by atoms with Gasteiger partial charge in [-0.05, 0) is 44.4 Å². The molecule has 1 aromatic carbocycles. The second-order valence-corrected chi connectivity index (χ2v) is 7.92. The number of unbranched alkanes of at least 4 members (excludes halogenated alkanes) is 1. The standard InChI is InChI=1S/C23H26FN5O4/c1-4-7-8-16-19(30)28(13-14-9-11-15(24)12-10-14)22-25-18-17(29(22)20(16)31)21(32)27(6-3)23(33)26(18)5-2/h9-12,31H,4-8,13H2,1-3H3. The quantitative estimate of drug-likeness (QED) is 0.460. The van der Waals surface area contributed by atoms with Crippen LogP contribution in [0.4, 0.5) is 4.39 Å². The molecule has 4 rings (SSSR count). The minimum Gasteiger partial charge on any atom is -0.494 e. The lowest BCUT2D eigenvalue weighted by atomic mass is 10.1. The van der Waals surface area contributed by atoms with Gasteiger partial charge in [0.2, 0.25) is 11.7 Å². The fourth-order valence-corrected chi connectivity index (χ4v) is 4.15. The highest BCUT2D eigenvalue weighted by atomic mass is 19.1. The van der Waals surface area contributed by atoms with Gasteiger partial charge in [-0.25, -0.2) is 13.6 Å². The van der Waals surface area contributed by atoms with Gasteiger partial charge in [-0.3, -0.25) is 23.3 Å². The molecule has 174 valence electrons. The zero-order chi connectivity index (χ0) is 23.9. The highest BCUT2D eigenvalue weighted by Gasteiger charge is 2.25. The summed E-state index contributed by atoms with van der Waals surface area (Å²) >= 11 is 0. The van der Waals surface area contributed by atoms with Gasteiger partial charge in [0, 0.05) is 13.1 Å². The van der Waals surface area contributed by atoms with Gasteiger partial charge in [0.15, 0.2) is 11.2 Å². The number of benzene rings is 1. The van der Waals surface area contributed by atoms with Crippen molar-refractivity contribution in [3.05, 3.63) is 72.4 Å². The van der Waals surface area contributed by atoms with Crippen molar-refractivity contribution in [1.29, 1.82) is 0 Å². The summed E-state index contributed by atoms with van der Waals surface area (Å²) in [6.45, 7) is 5.88. The molecule has 0 aliphatic carbocycles. The van der Waals surface area contributed by atoms with E-state index in [0.717, 1.165) is 11.0 Å². The molecular weight excluding hydrogens is 429 g/mol. The summed E-state index contributed by atoms with van der Waals surface area (Å²) in [5, 5.41) is 11.1. The molecule has 0 saturated carbocycles. The Morgan fingerprint density at radius 2 is 1.61 bits per heavy atom. The second-order valence-electron chi connectivity index (χ2n) is 7.92. The fraction of sp³-hybridized carbons (Fsp3) is 0.391. The SMILES string of the molecule is CCCCc1c(O)n2c3c(=O)n(CC)c(=O)n(CC)c3nc2n(Cc2ccc(F)cc2)c1=O. The van der Waals surface area contributed by atoms with Crippen LogP contribution in [0.3, 0.4) is 0 Å². The summed E-state index contributed by atoms with van der Waals surface area (Å²) in [6.07, 6.45) is 1.78. The molecule has 3 aromatic heterocycles. The summed E-state index contributed by atoms with van der Waals surface area (Å²) in [5.41, 5.74) is -0.559. The van der Waals surface area contributed by atoms with Crippen LogP contribution in [0.25, 0.3) is 16.9 Å². The third kappa shape index (κ3) is 3.55. The number of imidazole rings is 1. The molecule has 0 amide bonds. The first kappa shape index (κ1) is 22.5. The topological polar surface area (TPSA) is 104 Å². The van der Waals surface area contributed by atoms with Crippen LogP contribution in [-0.4, -0.2) is 28.2 Å². The van der Waals surface area contributed by atoms with Crippen LogP contribution >= 0.6 is 0 Å². The number of rotatable bonds is 7. The maximum atomic E-state index is 13.4. The Labute approximate surface area is 188 Å². The van der Waals surface area contributed by atoms with Crippen molar-refractivity contribution in [1.82, 2.24) is 23.1 Å². The molecule has 0 fully saturated rings. The predicted molar refractivity (Wildman–Crippen MR) is 123 cm³/mol. The van der Waals surface area contributed by atoms with Crippen molar-refractivity contribution in [2.45, 2.75) is 59.7 Å². The highest BCUT2D eigenvalue weighted by molar-refractivity contribution is 5.76. The first-order chi connectivity index (χ1) is 15.8. The van der Waals surface area contributed by atoms with Crippen LogP contribution in [0.1, 0.15) is 44.7 Å². The third-order valence-corrected chi connectivity index (χ3v) is 5.90. The monoisotopic (exact) mass is 455 g/mol. The Morgan fingerprint density at radius 3 is 2.21 bits per heavy atom. The first-order valence-corrected chi connectivity index (χ1v) is 11.1. The van der Waals surface area contributed by atoms with Gasteiger partial charge in [-0.15, -0.1) is 0 Å². The molecule has 0 saturated heterocycles. The molecule has 4 aromatic rings. The average molecular weight is 455 g/mol. The van der Waals surface area contributed by atoms with Gasteiger partial charge in [0.25, 0.3) is 11.1 Å². The van der Waals surface area contributed by atoms with Gasteiger partial charge in [-0.1, -0.05) is 25.5 Å². The molecule has 0 atom stereocenters. The van der Waals surface area contributed by atoms with Crippen molar-refractivity contribution in [3.8, 4) is 5.88 Å². The van der Waals surface area contributed by atoms with Crippen molar-refractivity contribution in [2.75, 3.05) is 0 Å². The Hall–Kier alpha value is -3.69. The van der Waals surface area contributed by atoms with E-state index < -0.39 is 22.6 Å². The molecule has 0 aliphatic rings. The van der Waals surface area contributed by atoms with Gasteiger partial charge in [0.1, 0.15) is 5.82 Å². The van der Waals surface area contributed by atoms with Crippen LogP contribution in [0, 0.1) is 5.82 Å². The van der Waals surface area contributed by atoms with E-state index in [4.69, 9.17) is 0 Å². The van der Waals surface area contributed by atoms with E-state index >= 15 is 0 Å². The molecule has 0 spiro atoms. The normalized spacial score (nSPS) is 11.6. The summed E-state index contributed by atoms with van der Waals surface area (Å²) in [6, 6.07) is 5.72. The van der Waals surface area contributed by atoms with Crippen LogP contribution < -0.4 is 16.8 Å². The van der Waals surface area contributed by atoms with Crippen molar-refractivity contribution in [2.24, 2.45) is 0 Å². The molecular formula is C23H26FN5O4. The maximum Gasteiger partial charge on any atom is 0.332 e. The van der Waals surface area contributed by atoms with E-state index in [1.165, 1.54) is 25.7 Å². The van der Waals surface area contributed by atoms with Gasteiger partial charge in [-0.2, -0.15) is 4.98 Å². The number of halogens is 1. The number of aromatic nitrogens is 5. The van der Waals surface area contributed by atoms with E-state index in [1.54, 1.807) is 26.0 Å². The summed E-state index contributed by atoms with van der Waals surface area (Å²) in [7, 11) is 0. The molecule has 10 heteroatoms. The Kier molecular flexibility index (Phi) is 5.92. The molecule has 3 heterocycles. The zero-order valence-electron chi connectivity index (χ0n) is 18.8. The third-order valence-electron chi connectivity index (χ3n) is 5.90. The van der Waals surface area contributed by atoms with E-state index in [-0.39, 0.29) is 48.0 Å². The van der Waals surface area contributed by atoms with Crippen molar-refractivity contribution < 1.29 is 9.50 Å². The second kappa shape index (κ2) is 8.68. The summed E-state index contributed by atoms with van der Waals surface area (Å²) < 4.78 is 18.5. The molecule has 33 heavy (non-hydrogen) atoms. The lowest BCUT2D eigenvalue weighted by Gasteiger charge is -2.13. The Bertz CT molecular complexity index is 1530. The van der Waals surface area contributed by atoms with Gasteiger partial charge < -0.3 is 5.11 Å². The van der Waals surface area contributed by atoms with Crippen LogP contribution in [0.2, 0.25) is 0 Å². The molecule has 9 nitrogen and oxygen atoms in total. The zero-order valence-corrected chi connectivity index (χ0v) is 18.8. The number of hydrogen-bond acceptors (Lipinski definition) is 5. The Balaban J connectivity index is 2.17. The molecule has 0 unspecified atom stereocenters. The predicted octanol–water partition coefficient (Wildman–Crippen LogP) is 2.25. The fourth-order valence-electron chi connectivity index (χ4n) is 4.15. The van der Waals surface area contributed by atoms with Gasteiger partial charge >= 0.3 is 5.69 Å². The molecule has 0 bridgehead atoms. The molecule has 0 aliphatic heterocycles. The van der Waals surface area contributed by atoms with Crippen LogP contribution in [0.5, 0.6) is 5.88 Å².